The van der Waals surface area contributed by atoms with Gasteiger partial charge in [0, 0.05) is 5.69 Å². The van der Waals surface area contributed by atoms with Crippen LogP contribution in [0.1, 0.15) is 29.8 Å². The van der Waals surface area contributed by atoms with Crippen LogP contribution in [0.2, 0.25) is 0 Å². The minimum Gasteiger partial charge on any atom is -0.478 e. The fourth-order valence-electron chi connectivity index (χ4n) is 2.09. The molecule has 0 aromatic heterocycles. The summed E-state index contributed by atoms with van der Waals surface area (Å²) >= 11 is 0. The van der Waals surface area contributed by atoms with E-state index in [4.69, 9.17) is 14.6 Å². The number of carboxylic acid groups (broad SMARTS) is 1. The molecular weight excluding hydrogens is 302 g/mol. The molecule has 23 heavy (non-hydrogen) atoms. The maximum atomic E-state index is 11.7. The van der Waals surface area contributed by atoms with Crippen molar-refractivity contribution in [3.63, 3.8) is 0 Å². The van der Waals surface area contributed by atoms with Crippen LogP contribution in [-0.2, 0) is 19.1 Å². The number of carbonyl (C=O) groups excluding carboxylic acids is 2. The Hall–Kier alpha value is -2.57. The van der Waals surface area contributed by atoms with Crippen LogP contribution in [0.25, 0.3) is 0 Å². The molecule has 0 aliphatic heterocycles. The molecule has 7 nitrogen and oxygen atoms in total. The summed E-state index contributed by atoms with van der Waals surface area (Å²) < 4.78 is 9.82. The topological polar surface area (TPSA) is 93.1 Å². The van der Waals surface area contributed by atoms with E-state index in [1.807, 2.05) is 0 Å². The van der Waals surface area contributed by atoms with Crippen LogP contribution >= 0.6 is 0 Å². The first-order valence-electron chi connectivity index (χ1n) is 7.29. The number of aromatic carboxylic acids is 1. The Morgan fingerprint density at radius 2 is 1.57 bits per heavy atom. The number of ether oxygens (including phenoxy) is 2. The van der Waals surface area contributed by atoms with Gasteiger partial charge in [0.1, 0.15) is 13.1 Å². The number of carboxylic acids is 1. The zero-order chi connectivity index (χ0) is 17.4. The summed E-state index contributed by atoms with van der Waals surface area (Å²) in [5, 5.41) is 9.01. The third kappa shape index (κ3) is 5.61. The van der Waals surface area contributed by atoms with Gasteiger partial charge in [0.25, 0.3) is 0 Å². The number of carbonyl (C=O) groups is 3. The highest BCUT2D eigenvalue weighted by atomic mass is 16.5. The van der Waals surface area contributed by atoms with E-state index in [1.54, 1.807) is 26.8 Å². The fraction of sp³-hybridized carbons (Fsp3) is 0.438. The Bertz CT molecular complexity index is 564. The van der Waals surface area contributed by atoms with E-state index in [1.165, 1.54) is 17.0 Å². The fourth-order valence-corrected chi connectivity index (χ4v) is 2.09. The molecule has 126 valence electrons. The van der Waals surface area contributed by atoms with Crippen molar-refractivity contribution in [2.75, 3.05) is 31.2 Å². The molecule has 0 unspecified atom stereocenters. The average Bonchev–Trinajstić information content (AvgIpc) is 2.46. The van der Waals surface area contributed by atoms with Crippen LogP contribution < -0.4 is 4.90 Å². The van der Waals surface area contributed by atoms with Gasteiger partial charge in [-0.05, 0) is 44.5 Å². The SMILES string of the molecule is CCOC(=O)CN(CC(=O)OCC)c1ccc(C(=O)O)cc1C. The van der Waals surface area contributed by atoms with Gasteiger partial charge in [-0.15, -0.1) is 0 Å². The van der Waals surface area contributed by atoms with Crippen LogP contribution in [-0.4, -0.2) is 49.3 Å². The lowest BCUT2D eigenvalue weighted by Gasteiger charge is -2.24. The zero-order valence-corrected chi connectivity index (χ0v) is 13.5. The Labute approximate surface area is 134 Å². The molecule has 0 saturated heterocycles. The number of anilines is 1. The molecule has 7 heteroatoms. The Morgan fingerprint density at radius 1 is 1.04 bits per heavy atom. The molecule has 1 aromatic carbocycles. The molecule has 1 aromatic rings. The number of benzene rings is 1. The zero-order valence-electron chi connectivity index (χ0n) is 13.5. The Morgan fingerprint density at radius 3 is 1.96 bits per heavy atom. The van der Waals surface area contributed by atoms with Crippen LogP contribution in [0.15, 0.2) is 18.2 Å². The predicted octanol–water partition coefficient (Wildman–Crippen LogP) is 1.63. The smallest absolute Gasteiger partial charge is 0.335 e. The molecule has 0 fully saturated rings. The maximum Gasteiger partial charge on any atom is 0.335 e. The molecule has 0 heterocycles. The normalized spacial score (nSPS) is 10.0. The highest BCUT2D eigenvalue weighted by Crippen LogP contribution is 2.21. The van der Waals surface area contributed by atoms with Crippen molar-refractivity contribution < 1.29 is 29.0 Å². The second-order valence-corrected chi connectivity index (χ2v) is 4.77. The number of aryl methyl sites for hydroxylation is 1. The van der Waals surface area contributed by atoms with Crippen molar-refractivity contribution in [3.8, 4) is 0 Å². The Balaban J connectivity index is 3.04. The Kier molecular flexibility index (Phi) is 7.05. The lowest BCUT2D eigenvalue weighted by Crippen LogP contribution is -2.36. The van der Waals surface area contributed by atoms with Gasteiger partial charge in [-0.2, -0.15) is 0 Å². The predicted molar refractivity (Wildman–Crippen MR) is 83.6 cm³/mol. The van der Waals surface area contributed by atoms with Crippen molar-refractivity contribution in [1.29, 1.82) is 0 Å². The first kappa shape index (κ1) is 18.5. The van der Waals surface area contributed by atoms with E-state index in [9.17, 15) is 14.4 Å². The van der Waals surface area contributed by atoms with Crippen LogP contribution in [0.4, 0.5) is 5.69 Å². The van der Waals surface area contributed by atoms with Gasteiger partial charge in [0.15, 0.2) is 0 Å². The number of hydrogen-bond donors (Lipinski definition) is 1. The molecule has 0 bridgehead atoms. The molecule has 1 N–H and O–H groups in total. The maximum absolute atomic E-state index is 11.7. The number of nitrogens with zero attached hydrogens (tertiary/aromatic N) is 1. The summed E-state index contributed by atoms with van der Waals surface area (Å²) in [6.07, 6.45) is 0. The van der Waals surface area contributed by atoms with Gasteiger partial charge in [-0.1, -0.05) is 0 Å². The molecule has 1 rings (SSSR count). The molecule has 0 atom stereocenters. The average molecular weight is 323 g/mol. The summed E-state index contributed by atoms with van der Waals surface area (Å²) in [4.78, 5) is 36.0. The number of esters is 2. The molecular formula is C16H21NO6. The summed E-state index contributed by atoms with van der Waals surface area (Å²) in [7, 11) is 0. The quantitative estimate of drug-likeness (QED) is 0.727. The number of hydrogen-bond acceptors (Lipinski definition) is 6. The largest absolute Gasteiger partial charge is 0.478 e. The lowest BCUT2D eigenvalue weighted by molar-refractivity contribution is -0.142. The van der Waals surface area contributed by atoms with Gasteiger partial charge in [-0.3, -0.25) is 9.59 Å². The number of rotatable bonds is 8. The highest BCUT2D eigenvalue weighted by Gasteiger charge is 2.19. The van der Waals surface area contributed by atoms with Gasteiger partial charge < -0.3 is 19.5 Å². The van der Waals surface area contributed by atoms with Gasteiger partial charge >= 0.3 is 17.9 Å². The van der Waals surface area contributed by atoms with E-state index in [-0.39, 0.29) is 31.9 Å². The molecule has 0 spiro atoms. The van der Waals surface area contributed by atoms with Crippen molar-refractivity contribution in [3.05, 3.63) is 29.3 Å². The van der Waals surface area contributed by atoms with E-state index >= 15 is 0 Å². The van der Waals surface area contributed by atoms with E-state index in [0.29, 0.717) is 11.3 Å². The third-order valence-corrected chi connectivity index (χ3v) is 3.04. The van der Waals surface area contributed by atoms with E-state index in [2.05, 4.69) is 0 Å². The molecule has 0 saturated carbocycles. The van der Waals surface area contributed by atoms with Crippen LogP contribution in [0, 0.1) is 6.92 Å². The van der Waals surface area contributed by atoms with E-state index in [0.717, 1.165) is 0 Å². The standard InChI is InChI=1S/C16H21NO6/c1-4-22-14(18)9-17(10-15(19)23-5-2)13-7-6-12(16(20)21)8-11(13)3/h6-8H,4-5,9-10H2,1-3H3,(H,20,21). The third-order valence-electron chi connectivity index (χ3n) is 3.04. The van der Waals surface area contributed by atoms with Crippen molar-refractivity contribution in [2.45, 2.75) is 20.8 Å². The molecule has 0 radical (unpaired) electrons. The summed E-state index contributed by atoms with van der Waals surface area (Å²) in [5.41, 5.74) is 1.35. The second-order valence-electron chi connectivity index (χ2n) is 4.77. The first-order valence-corrected chi connectivity index (χ1v) is 7.29. The summed E-state index contributed by atoms with van der Waals surface area (Å²) in [6, 6.07) is 4.48. The van der Waals surface area contributed by atoms with Crippen molar-refractivity contribution >= 4 is 23.6 Å². The summed E-state index contributed by atoms with van der Waals surface area (Å²) in [5.74, 6) is -1.99. The monoisotopic (exact) mass is 323 g/mol. The first-order chi connectivity index (χ1) is 10.9. The molecule has 0 amide bonds. The second kappa shape index (κ2) is 8.77. The minimum absolute atomic E-state index is 0.125. The van der Waals surface area contributed by atoms with E-state index < -0.39 is 17.9 Å². The molecule has 0 aliphatic carbocycles. The van der Waals surface area contributed by atoms with Gasteiger partial charge in [0.2, 0.25) is 0 Å². The van der Waals surface area contributed by atoms with Crippen molar-refractivity contribution in [1.82, 2.24) is 0 Å². The molecule has 0 aliphatic rings. The highest BCUT2D eigenvalue weighted by molar-refractivity contribution is 5.89. The van der Waals surface area contributed by atoms with Crippen molar-refractivity contribution in [2.24, 2.45) is 0 Å². The summed E-state index contributed by atoms with van der Waals surface area (Å²) in [6.45, 7) is 5.33. The minimum atomic E-state index is -1.04. The van der Waals surface area contributed by atoms with Gasteiger partial charge in [-0.25, -0.2) is 4.79 Å². The lowest BCUT2D eigenvalue weighted by atomic mass is 10.1. The van der Waals surface area contributed by atoms with Gasteiger partial charge in [0.05, 0.1) is 18.8 Å². The van der Waals surface area contributed by atoms with Crippen LogP contribution in [0.3, 0.4) is 0 Å². The van der Waals surface area contributed by atoms with Crippen LogP contribution in [0.5, 0.6) is 0 Å².